The maximum Gasteiger partial charge on any atom is 0.0582 e. The zero-order valence-corrected chi connectivity index (χ0v) is 17.6. The second-order valence-electron chi connectivity index (χ2n) is 9.40. The summed E-state index contributed by atoms with van der Waals surface area (Å²) in [5.41, 5.74) is 6.05. The molecule has 30 heavy (non-hydrogen) atoms. The van der Waals surface area contributed by atoms with E-state index in [2.05, 4.69) is 83.8 Å². The first-order chi connectivity index (χ1) is 14.8. The van der Waals surface area contributed by atoms with Crippen LogP contribution in [0.5, 0.6) is 0 Å². The Hall–Kier alpha value is -2.51. The Balaban J connectivity index is 1.54. The highest BCUT2D eigenvalue weighted by atomic mass is 35.5. The SMILES string of the molecule is Clc1ccc([C@@H]2[C@@H]3CC=C[C@@H]3c3c4c(cc5ccccc35)[C@H]3C=CC[C@H]3CN42)cc1. The van der Waals surface area contributed by atoms with Crippen LogP contribution in [0.3, 0.4) is 0 Å². The van der Waals surface area contributed by atoms with Crippen molar-refractivity contribution < 1.29 is 0 Å². The molecule has 1 nitrogen and oxygen atoms in total. The lowest BCUT2D eigenvalue weighted by molar-refractivity contribution is 0.336. The molecular weight excluding hydrogens is 386 g/mol. The van der Waals surface area contributed by atoms with Gasteiger partial charge in [-0.25, -0.2) is 0 Å². The van der Waals surface area contributed by atoms with Gasteiger partial charge in [0.1, 0.15) is 0 Å². The van der Waals surface area contributed by atoms with E-state index in [0.717, 1.165) is 18.0 Å². The first-order valence-corrected chi connectivity index (χ1v) is 11.6. The van der Waals surface area contributed by atoms with E-state index in [1.165, 1.54) is 28.4 Å². The quantitative estimate of drug-likeness (QED) is 0.379. The van der Waals surface area contributed by atoms with Crippen LogP contribution in [0, 0.1) is 11.8 Å². The second-order valence-corrected chi connectivity index (χ2v) is 9.84. The third kappa shape index (κ3) is 2.25. The molecule has 4 aliphatic rings. The van der Waals surface area contributed by atoms with Gasteiger partial charge in [0.05, 0.1) is 6.04 Å². The molecular formula is C28H24ClN. The standard InChI is InChI=1S/C28H24ClN/c29-20-13-11-17(12-14-20)27-24-10-4-9-23(24)26-22-7-2-1-5-18(22)15-25-21-8-3-6-19(21)16-30(27)28(25)26/h1-5,7-9,11-15,19,21,23-24,27H,6,10,16H2/t19-,21-,23-,24+,27+/m0/s1. The monoisotopic (exact) mass is 409 g/mol. The summed E-state index contributed by atoms with van der Waals surface area (Å²) in [4.78, 5) is 2.78. The normalized spacial score (nSPS) is 30.4. The summed E-state index contributed by atoms with van der Waals surface area (Å²) in [6.45, 7) is 1.15. The van der Waals surface area contributed by atoms with Gasteiger partial charge in [0.15, 0.2) is 0 Å². The molecule has 5 atom stereocenters. The molecule has 2 aliphatic heterocycles. The Bertz CT molecular complexity index is 1220. The molecule has 0 saturated heterocycles. The van der Waals surface area contributed by atoms with Crippen molar-refractivity contribution in [2.45, 2.75) is 30.7 Å². The maximum atomic E-state index is 6.25. The highest BCUT2D eigenvalue weighted by molar-refractivity contribution is 6.30. The highest BCUT2D eigenvalue weighted by Crippen LogP contribution is 2.60. The largest absolute Gasteiger partial charge is 0.363 e. The number of fused-ring (bicyclic) bond motifs is 6. The number of halogens is 1. The average molecular weight is 410 g/mol. The molecule has 0 fully saturated rings. The van der Waals surface area contributed by atoms with Crippen LogP contribution >= 0.6 is 11.6 Å². The van der Waals surface area contributed by atoms with Crippen molar-refractivity contribution in [3.05, 3.63) is 101 Å². The van der Waals surface area contributed by atoms with E-state index in [4.69, 9.17) is 11.6 Å². The number of nitrogens with zero attached hydrogens (tertiary/aromatic N) is 1. The summed E-state index contributed by atoms with van der Waals surface area (Å²) < 4.78 is 0. The van der Waals surface area contributed by atoms with Crippen molar-refractivity contribution in [3.63, 3.8) is 0 Å². The fraction of sp³-hybridized carbons (Fsp3) is 0.286. The Morgan fingerprint density at radius 3 is 2.57 bits per heavy atom. The third-order valence-electron chi connectivity index (χ3n) is 7.96. The summed E-state index contributed by atoms with van der Waals surface area (Å²) in [6, 6.07) is 20.6. The van der Waals surface area contributed by atoms with Gasteiger partial charge in [-0.2, -0.15) is 0 Å². The van der Waals surface area contributed by atoms with Gasteiger partial charge in [0.2, 0.25) is 0 Å². The summed E-state index contributed by atoms with van der Waals surface area (Å²) in [5, 5.41) is 3.66. The molecule has 0 amide bonds. The van der Waals surface area contributed by atoms with E-state index in [1.807, 2.05) is 0 Å². The molecule has 0 unspecified atom stereocenters. The zero-order chi connectivity index (χ0) is 19.8. The molecule has 0 aromatic heterocycles. The molecule has 148 valence electrons. The summed E-state index contributed by atoms with van der Waals surface area (Å²) >= 11 is 6.25. The van der Waals surface area contributed by atoms with Crippen LogP contribution < -0.4 is 4.90 Å². The van der Waals surface area contributed by atoms with E-state index in [0.29, 0.717) is 29.7 Å². The molecule has 0 bridgehead atoms. The number of rotatable bonds is 1. The minimum Gasteiger partial charge on any atom is -0.363 e. The molecule has 0 saturated carbocycles. The van der Waals surface area contributed by atoms with Crippen molar-refractivity contribution in [2.24, 2.45) is 11.8 Å². The number of anilines is 1. The van der Waals surface area contributed by atoms with E-state index in [9.17, 15) is 0 Å². The molecule has 0 N–H and O–H groups in total. The van der Waals surface area contributed by atoms with Gasteiger partial charge in [-0.05, 0) is 70.3 Å². The number of hydrogen-bond donors (Lipinski definition) is 0. The Labute approximate surface area is 182 Å². The van der Waals surface area contributed by atoms with Crippen LogP contribution in [-0.4, -0.2) is 6.54 Å². The fourth-order valence-corrected chi connectivity index (χ4v) is 6.90. The topological polar surface area (TPSA) is 3.24 Å². The Morgan fingerprint density at radius 2 is 1.67 bits per heavy atom. The van der Waals surface area contributed by atoms with Gasteiger partial charge < -0.3 is 4.90 Å². The van der Waals surface area contributed by atoms with Gasteiger partial charge in [-0.15, -0.1) is 0 Å². The van der Waals surface area contributed by atoms with Crippen LogP contribution in [0.25, 0.3) is 10.8 Å². The zero-order valence-electron chi connectivity index (χ0n) is 16.8. The van der Waals surface area contributed by atoms with Gasteiger partial charge in [-0.3, -0.25) is 0 Å². The van der Waals surface area contributed by atoms with E-state index >= 15 is 0 Å². The highest BCUT2D eigenvalue weighted by Gasteiger charge is 2.48. The minimum absolute atomic E-state index is 0.413. The van der Waals surface area contributed by atoms with Crippen LogP contribution in [0.1, 0.15) is 47.4 Å². The molecule has 0 radical (unpaired) electrons. The molecule has 2 aliphatic carbocycles. The molecule has 2 heterocycles. The van der Waals surface area contributed by atoms with Crippen molar-refractivity contribution >= 4 is 28.1 Å². The van der Waals surface area contributed by atoms with Crippen molar-refractivity contribution in [1.82, 2.24) is 0 Å². The number of hydrogen-bond acceptors (Lipinski definition) is 1. The Morgan fingerprint density at radius 1 is 0.867 bits per heavy atom. The van der Waals surface area contributed by atoms with Crippen molar-refractivity contribution in [2.75, 3.05) is 11.4 Å². The second kappa shape index (κ2) is 6.25. The van der Waals surface area contributed by atoms with Crippen LogP contribution in [0.2, 0.25) is 5.02 Å². The summed E-state index contributed by atoms with van der Waals surface area (Å²) in [7, 11) is 0. The molecule has 2 heteroatoms. The third-order valence-corrected chi connectivity index (χ3v) is 8.21. The summed E-state index contributed by atoms with van der Waals surface area (Å²) in [5.74, 6) is 2.33. The fourth-order valence-electron chi connectivity index (χ4n) is 6.77. The van der Waals surface area contributed by atoms with Gasteiger partial charge in [-0.1, -0.05) is 72.3 Å². The van der Waals surface area contributed by atoms with Crippen LogP contribution in [0.4, 0.5) is 5.69 Å². The van der Waals surface area contributed by atoms with Crippen molar-refractivity contribution in [1.29, 1.82) is 0 Å². The lowest BCUT2D eigenvalue weighted by Crippen LogP contribution is -2.46. The van der Waals surface area contributed by atoms with Crippen LogP contribution in [0.15, 0.2) is 78.9 Å². The first kappa shape index (κ1) is 17.2. The average Bonchev–Trinajstić information content (AvgIpc) is 3.44. The van der Waals surface area contributed by atoms with E-state index in [-0.39, 0.29) is 0 Å². The lowest BCUT2D eigenvalue weighted by Gasteiger charge is -2.51. The maximum absolute atomic E-state index is 6.25. The Kier molecular flexibility index (Phi) is 3.58. The summed E-state index contributed by atoms with van der Waals surface area (Å²) in [6.07, 6.45) is 12.1. The van der Waals surface area contributed by atoms with Crippen LogP contribution in [-0.2, 0) is 0 Å². The number of benzene rings is 3. The minimum atomic E-state index is 0.413. The molecule has 7 rings (SSSR count). The van der Waals surface area contributed by atoms with Gasteiger partial charge >= 0.3 is 0 Å². The molecule has 3 aromatic carbocycles. The van der Waals surface area contributed by atoms with E-state index in [1.54, 1.807) is 11.1 Å². The smallest absolute Gasteiger partial charge is 0.0582 e. The predicted octanol–water partition coefficient (Wildman–Crippen LogP) is 7.39. The lowest BCUT2D eigenvalue weighted by atomic mass is 9.69. The van der Waals surface area contributed by atoms with Crippen molar-refractivity contribution in [3.8, 4) is 0 Å². The number of allylic oxidation sites excluding steroid dienone is 4. The van der Waals surface area contributed by atoms with Gasteiger partial charge in [0, 0.05) is 29.1 Å². The van der Waals surface area contributed by atoms with Gasteiger partial charge in [0.25, 0.3) is 0 Å². The molecule has 0 spiro atoms. The van der Waals surface area contributed by atoms with E-state index < -0.39 is 0 Å². The first-order valence-electron chi connectivity index (χ1n) is 11.2. The predicted molar refractivity (Wildman–Crippen MR) is 125 cm³/mol. The molecule has 3 aromatic rings.